The summed E-state index contributed by atoms with van der Waals surface area (Å²) < 4.78 is 68.6. The fourth-order valence-corrected chi connectivity index (χ4v) is 8.73. The molecule has 3 aromatic rings. The number of nitrogens with zero attached hydrogens (tertiary/aromatic N) is 5. The highest BCUT2D eigenvalue weighted by Gasteiger charge is 2.41. The van der Waals surface area contributed by atoms with Crippen molar-refractivity contribution in [2.45, 2.75) is 63.2 Å². The monoisotopic (exact) mass is 648 g/mol. The van der Waals surface area contributed by atoms with Crippen molar-refractivity contribution in [3.63, 3.8) is 0 Å². The number of nitrogens with one attached hydrogen (secondary N) is 1. The van der Waals surface area contributed by atoms with E-state index in [1.165, 1.54) is 4.90 Å². The average molecular weight is 649 g/mol. The van der Waals surface area contributed by atoms with Crippen LogP contribution in [0.15, 0.2) is 35.4 Å². The number of thiophene rings is 1. The van der Waals surface area contributed by atoms with Gasteiger partial charge in [-0.15, -0.1) is 11.3 Å². The SMILES string of the molecule is CCc1cc(N2CCN(C(C)C)CC2)ccc1Nc1ncc(C(F)(F)F)c(-c2cc3c(s2)C(=O)N(C2CC2)CCS3(=O)=O)n1. The van der Waals surface area contributed by atoms with Crippen LogP contribution in [0.3, 0.4) is 0 Å². The van der Waals surface area contributed by atoms with Crippen LogP contribution in [-0.2, 0) is 22.4 Å². The van der Waals surface area contributed by atoms with E-state index in [0.717, 1.165) is 67.7 Å². The lowest BCUT2D eigenvalue weighted by Crippen LogP contribution is -2.48. The van der Waals surface area contributed by atoms with Gasteiger partial charge in [-0.3, -0.25) is 9.69 Å². The van der Waals surface area contributed by atoms with Gasteiger partial charge in [-0.1, -0.05) is 6.92 Å². The normalized spacial score (nSPS) is 19.3. The fourth-order valence-electron chi connectivity index (χ4n) is 5.81. The van der Waals surface area contributed by atoms with E-state index in [9.17, 15) is 26.4 Å². The van der Waals surface area contributed by atoms with Crippen LogP contribution in [-0.4, -0.2) is 84.7 Å². The highest BCUT2D eigenvalue weighted by molar-refractivity contribution is 7.91. The predicted octanol–water partition coefficient (Wildman–Crippen LogP) is 5.45. The van der Waals surface area contributed by atoms with Crippen molar-refractivity contribution in [2.24, 2.45) is 0 Å². The predicted molar refractivity (Wildman–Crippen MR) is 164 cm³/mol. The summed E-state index contributed by atoms with van der Waals surface area (Å²) in [7, 11) is -3.87. The van der Waals surface area contributed by atoms with E-state index in [4.69, 9.17) is 0 Å². The number of rotatable bonds is 7. The third kappa shape index (κ3) is 6.03. The van der Waals surface area contributed by atoms with Crippen LogP contribution in [0.5, 0.6) is 0 Å². The van der Waals surface area contributed by atoms with Gasteiger partial charge in [-0.25, -0.2) is 18.4 Å². The molecule has 0 unspecified atom stereocenters. The van der Waals surface area contributed by atoms with Gasteiger partial charge in [0.2, 0.25) is 5.95 Å². The summed E-state index contributed by atoms with van der Waals surface area (Å²) in [6, 6.07) is 7.58. The zero-order valence-corrected chi connectivity index (χ0v) is 26.4. The molecule has 2 aromatic heterocycles. The molecule has 3 aliphatic rings. The molecular formula is C30H35F3N6O3S2. The number of hydrogen-bond acceptors (Lipinski definition) is 9. The van der Waals surface area contributed by atoms with E-state index < -0.39 is 33.2 Å². The number of hydrogen-bond donors (Lipinski definition) is 1. The smallest absolute Gasteiger partial charge is 0.369 e. The van der Waals surface area contributed by atoms with Gasteiger partial charge in [-0.2, -0.15) is 13.2 Å². The number of sulfone groups is 1. The molecule has 236 valence electrons. The van der Waals surface area contributed by atoms with E-state index in [-0.39, 0.29) is 38.9 Å². The Kier molecular flexibility index (Phi) is 8.12. The molecule has 2 aliphatic heterocycles. The number of aromatic nitrogens is 2. The lowest BCUT2D eigenvalue weighted by Gasteiger charge is -2.38. The number of halogens is 3. The molecule has 9 nitrogen and oxygen atoms in total. The molecule has 14 heteroatoms. The van der Waals surface area contributed by atoms with Gasteiger partial charge < -0.3 is 15.1 Å². The van der Waals surface area contributed by atoms with E-state index in [0.29, 0.717) is 24.3 Å². The molecular weight excluding hydrogens is 613 g/mol. The molecule has 0 atom stereocenters. The zero-order valence-electron chi connectivity index (χ0n) is 24.8. The van der Waals surface area contributed by atoms with Crippen molar-refractivity contribution >= 4 is 44.4 Å². The zero-order chi connectivity index (χ0) is 31.4. The molecule has 2 fully saturated rings. The lowest BCUT2D eigenvalue weighted by molar-refractivity contribution is -0.137. The van der Waals surface area contributed by atoms with Gasteiger partial charge >= 0.3 is 6.18 Å². The van der Waals surface area contributed by atoms with Crippen LogP contribution >= 0.6 is 11.3 Å². The third-order valence-corrected chi connectivity index (χ3v) is 11.5. The first kappa shape index (κ1) is 30.8. The number of alkyl halides is 3. The molecule has 4 heterocycles. The molecule has 1 N–H and O–H groups in total. The minimum atomic E-state index is -4.80. The Morgan fingerprint density at radius 1 is 1.09 bits per heavy atom. The summed E-state index contributed by atoms with van der Waals surface area (Å²) in [6.07, 6.45) is -1.85. The van der Waals surface area contributed by atoms with E-state index in [2.05, 4.69) is 45.0 Å². The minimum absolute atomic E-state index is 0.0291. The third-order valence-electron chi connectivity index (χ3n) is 8.53. The van der Waals surface area contributed by atoms with Crippen molar-refractivity contribution in [3.05, 3.63) is 46.5 Å². The topological polar surface area (TPSA) is 98.7 Å². The van der Waals surface area contributed by atoms with Crippen LogP contribution in [0.1, 0.15) is 54.4 Å². The van der Waals surface area contributed by atoms with Crippen molar-refractivity contribution in [1.29, 1.82) is 0 Å². The van der Waals surface area contributed by atoms with Crippen molar-refractivity contribution in [1.82, 2.24) is 19.8 Å². The molecule has 1 saturated carbocycles. The molecule has 6 rings (SSSR count). The van der Waals surface area contributed by atoms with Crippen LogP contribution in [0.4, 0.5) is 30.5 Å². The Balaban J connectivity index is 1.32. The Hall–Kier alpha value is -3.23. The number of benzene rings is 1. The summed E-state index contributed by atoms with van der Waals surface area (Å²) >= 11 is 0.736. The first-order valence-corrected chi connectivity index (χ1v) is 17.3. The second-order valence-corrected chi connectivity index (χ2v) is 14.9. The van der Waals surface area contributed by atoms with E-state index in [1.54, 1.807) is 0 Å². The fraction of sp³-hybridized carbons (Fsp3) is 0.500. The van der Waals surface area contributed by atoms with Gasteiger partial charge in [0, 0.05) is 62.4 Å². The first-order chi connectivity index (χ1) is 20.9. The van der Waals surface area contributed by atoms with Crippen molar-refractivity contribution in [3.8, 4) is 10.6 Å². The van der Waals surface area contributed by atoms with Crippen LogP contribution in [0, 0.1) is 0 Å². The summed E-state index contributed by atoms with van der Waals surface area (Å²) in [5.74, 6) is -0.790. The second kappa shape index (κ2) is 11.6. The summed E-state index contributed by atoms with van der Waals surface area (Å²) in [5.41, 5.74) is 1.14. The van der Waals surface area contributed by atoms with E-state index in [1.807, 2.05) is 19.1 Å². The maximum Gasteiger partial charge on any atom is 0.420 e. The molecule has 1 amide bonds. The van der Waals surface area contributed by atoms with Crippen LogP contribution < -0.4 is 10.2 Å². The van der Waals surface area contributed by atoms with Crippen molar-refractivity contribution in [2.75, 3.05) is 48.7 Å². The highest BCUT2D eigenvalue weighted by Crippen LogP contribution is 2.43. The Bertz CT molecular complexity index is 1680. The van der Waals surface area contributed by atoms with Gasteiger partial charge in [0.1, 0.15) is 10.4 Å². The standard InChI is InChI=1S/C30H35F3N6O3S2/c1-4-19-15-21(38-11-9-37(10-12-38)18(2)3)7-8-23(19)35-29-34-17-22(30(31,32)33)26(36-29)24-16-25-27(43-24)28(40)39(20-5-6-20)13-14-44(25,41)42/h7-8,15-18,20H,4-6,9-14H2,1-3H3,(H,34,35,36). The Morgan fingerprint density at radius 2 is 1.82 bits per heavy atom. The van der Waals surface area contributed by atoms with E-state index >= 15 is 0 Å². The molecule has 0 radical (unpaired) electrons. The summed E-state index contributed by atoms with van der Waals surface area (Å²) in [5, 5.41) is 3.09. The quantitative estimate of drug-likeness (QED) is 0.361. The van der Waals surface area contributed by atoms with Crippen LogP contribution in [0.2, 0.25) is 0 Å². The van der Waals surface area contributed by atoms with Crippen LogP contribution in [0.25, 0.3) is 10.6 Å². The minimum Gasteiger partial charge on any atom is -0.369 e. The Labute approximate surface area is 259 Å². The van der Waals surface area contributed by atoms with Gasteiger partial charge in [-0.05, 0) is 62.9 Å². The maximum absolute atomic E-state index is 14.2. The number of fused-ring (bicyclic) bond motifs is 1. The average Bonchev–Trinajstić information content (AvgIpc) is 3.73. The lowest BCUT2D eigenvalue weighted by atomic mass is 10.1. The first-order valence-electron chi connectivity index (χ1n) is 14.9. The highest BCUT2D eigenvalue weighted by atomic mass is 32.2. The second-order valence-electron chi connectivity index (χ2n) is 11.7. The number of carbonyl (C=O) groups is 1. The number of carbonyl (C=O) groups excluding carboxylic acids is 1. The van der Waals surface area contributed by atoms with Gasteiger partial charge in [0.25, 0.3) is 5.91 Å². The Morgan fingerprint density at radius 3 is 2.45 bits per heavy atom. The largest absolute Gasteiger partial charge is 0.420 e. The number of amides is 1. The van der Waals surface area contributed by atoms with Gasteiger partial charge in [0.05, 0.1) is 21.2 Å². The summed E-state index contributed by atoms with van der Waals surface area (Å²) in [4.78, 5) is 27.5. The molecule has 0 bridgehead atoms. The van der Waals surface area contributed by atoms with Crippen molar-refractivity contribution < 1.29 is 26.4 Å². The molecule has 1 aliphatic carbocycles. The number of aryl methyl sites for hydroxylation is 1. The molecule has 1 aromatic carbocycles. The number of piperazine rings is 1. The summed E-state index contributed by atoms with van der Waals surface area (Å²) in [6.45, 7) is 10.2. The van der Waals surface area contributed by atoms with Gasteiger partial charge in [0.15, 0.2) is 9.84 Å². The maximum atomic E-state index is 14.2. The molecule has 0 spiro atoms. The molecule has 1 saturated heterocycles. The molecule has 44 heavy (non-hydrogen) atoms. The number of anilines is 3.